The molecule has 1 aliphatic rings. The highest BCUT2D eigenvalue weighted by Crippen LogP contribution is 2.42. The van der Waals surface area contributed by atoms with E-state index in [9.17, 15) is 10.1 Å². The highest BCUT2D eigenvalue weighted by atomic mass is 16.1. The molecule has 160 valence electrons. The summed E-state index contributed by atoms with van der Waals surface area (Å²) in [5.74, 6) is 0. The first-order valence-corrected chi connectivity index (χ1v) is 10.6. The smallest absolute Gasteiger partial charge is 0.251 e. The maximum Gasteiger partial charge on any atom is 0.251 e. The lowest BCUT2D eigenvalue weighted by atomic mass is 9.99. The van der Waals surface area contributed by atoms with Gasteiger partial charge in [-0.25, -0.2) is 0 Å². The number of hydrogen-bond acceptors (Lipinski definition) is 5. The summed E-state index contributed by atoms with van der Waals surface area (Å²) in [6, 6.07) is 14.4. The van der Waals surface area contributed by atoms with E-state index in [1.807, 2.05) is 44.4 Å². The second kappa shape index (κ2) is 7.57. The van der Waals surface area contributed by atoms with E-state index in [0.717, 1.165) is 58.6 Å². The molecule has 0 bridgehead atoms. The van der Waals surface area contributed by atoms with E-state index in [1.165, 1.54) is 0 Å². The Kier molecular flexibility index (Phi) is 4.71. The van der Waals surface area contributed by atoms with Crippen molar-refractivity contribution < 1.29 is 0 Å². The number of aryl methyl sites for hydroxylation is 2. The third kappa shape index (κ3) is 3.21. The Balaban J connectivity index is 1.75. The Morgan fingerprint density at radius 2 is 1.94 bits per heavy atom. The van der Waals surface area contributed by atoms with Gasteiger partial charge in [0.15, 0.2) is 0 Å². The summed E-state index contributed by atoms with van der Waals surface area (Å²) < 4.78 is 1.75. The lowest BCUT2D eigenvalue weighted by Gasteiger charge is -2.28. The summed E-state index contributed by atoms with van der Waals surface area (Å²) in [6.07, 6.45) is 4.69. The fourth-order valence-corrected chi connectivity index (χ4v) is 4.50. The third-order valence-electron chi connectivity index (χ3n) is 6.17. The van der Waals surface area contributed by atoms with Crippen molar-refractivity contribution in [3.63, 3.8) is 0 Å². The Bertz CT molecular complexity index is 1440. The lowest BCUT2D eigenvalue weighted by Crippen LogP contribution is -2.19. The SMILES string of the molecule is Cc1cc2c(N3CCCN(C)c4cc(-c5cnn(C)c5)c(C#N)cc43)cccc2[nH]c1=O. The molecule has 2 aromatic carbocycles. The number of benzene rings is 2. The van der Waals surface area contributed by atoms with E-state index in [-0.39, 0.29) is 5.56 Å². The minimum absolute atomic E-state index is 0.0708. The number of aromatic nitrogens is 3. The number of aromatic amines is 1. The Hall–Kier alpha value is -4.05. The summed E-state index contributed by atoms with van der Waals surface area (Å²) in [5.41, 5.74) is 6.92. The molecule has 1 N–H and O–H groups in total. The van der Waals surface area contributed by atoms with Crippen LogP contribution >= 0.6 is 0 Å². The second-order valence-electron chi connectivity index (χ2n) is 8.35. The summed E-state index contributed by atoms with van der Waals surface area (Å²) in [5, 5.41) is 15.3. The van der Waals surface area contributed by atoms with Gasteiger partial charge in [-0.3, -0.25) is 9.48 Å². The fourth-order valence-electron chi connectivity index (χ4n) is 4.50. The summed E-state index contributed by atoms with van der Waals surface area (Å²) >= 11 is 0. The summed E-state index contributed by atoms with van der Waals surface area (Å²) in [4.78, 5) is 19.7. The van der Waals surface area contributed by atoms with Gasteiger partial charge in [-0.05, 0) is 43.7 Å². The van der Waals surface area contributed by atoms with Gasteiger partial charge in [0, 0.05) is 55.5 Å². The van der Waals surface area contributed by atoms with Gasteiger partial charge in [-0.15, -0.1) is 0 Å². The molecule has 0 saturated carbocycles. The lowest BCUT2D eigenvalue weighted by molar-refractivity contribution is 0.768. The van der Waals surface area contributed by atoms with Crippen LogP contribution < -0.4 is 15.4 Å². The van der Waals surface area contributed by atoms with Crippen LogP contribution in [0.15, 0.2) is 53.6 Å². The molecule has 0 spiro atoms. The zero-order chi connectivity index (χ0) is 22.4. The highest BCUT2D eigenvalue weighted by Gasteiger charge is 2.24. The maximum absolute atomic E-state index is 12.2. The molecule has 0 unspecified atom stereocenters. The van der Waals surface area contributed by atoms with Crippen LogP contribution in [0, 0.1) is 18.3 Å². The Labute approximate surface area is 186 Å². The van der Waals surface area contributed by atoms with Crippen LogP contribution in [0.3, 0.4) is 0 Å². The van der Waals surface area contributed by atoms with Crippen molar-refractivity contribution in [1.82, 2.24) is 14.8 Å². The van der Waals surface area contributed by atoms with Gasteiger partial charge < -0.3 is 14.8 Å². The van der Waals surface area contributed by atoms with E-state index in [0.29, 0.717) is 11.1 Å². The van der Waals surface area contributed by atoms with E-state index in [4.69, 9.17) is 0 Å². The monoisotopic (exact) mass is 424 g/mol. The number of nitrogens with one attached hydrogen (secondary N) is 1. The quantitative estimate of drug-likeness (QED) is 0.524. The van der Waals surface area contributed by atoms with Crippen molar-refractivity contribution >= 4 is 28.0 Å². The van der Waals surface area contributed by atoms with Crippen LogP contribution in [-0.4, -0.2) is 34.9 Å². The van der Waals surface area contributed by atoms with Crippen LogP contribution in [0.1, 0.15) is 17.5 Å². The zero-order valence-corrected chi connectivity index (χ0v) is 18.4. The normalized spacial score (nSPS) is 13.7. The van der Waals surface area contributed by atoms with Gasteiger partial charge in [0.25, 0.3) is 5.56 Å². The molecular formula is C25H24N6O. The molecule has 0 radical (unpaired) electrons. The molecule has 4 aromatic rings. The van der Waals surface area contributed by atoms with Crippen molar-refractivity contribution in [3.05, 3.63) is 70.3 Å². The molecule has 0 fully saturated rings. The number of H-pyrrole nitrogens is 1. The predicted molar refractivity (Wildman–Crippen MR) is 128 cm³/mol. The van der Waals surface area contributed by atoms with Crippen molar-refractivity contribution in [1.29, 1.82) is 5.26 Å². The number of nitrogens with zero attached hydrogens (tertiary/aromatic N) is 5. The van der Waals surface area contributed by atoms with Gasteiger partial charge in [-0.2, -0.15) is 10.4 Å². The maximum atomic E-state index is 12.2. The fraction of sp³-hybridized carbons (Fsp3) is 0.240. The minimum atomic E-state index is -0.0708. The molecule has 0 amide bonds. The number of pyridine rings is 1. The van der Waals surface area contributed by atoms with Gasteiger partial charge in [0.1, 0.15) is 0 Å². The first kappa shape index (κ1) is 19.9. The number of hydrogen-bond donors (Lipinski definition) is 1. The molecule has 0 atom stereocenters. The van der Waals surface area contributed by atoms with Crippen molar-refractivity contribution in [2.45, 2.75) is 13.3 Å². The number of rotatable bonds is 2. The molecule has 7 nitrogen and oxygen atoms in total. The molecule has 7 heteroatoms. The first-order valence-electron chi connectivity index (χ1n) is 10.6. The summed E-state index contributed by atoms with van der Waals surface area (Å²) in [7, 11) is 3.96. The van der Waals surface area contributed by atoms with Crippen LogP contribution in [0.4, 0.5) is 17.1 Å². The van der Waals surface area contributed by atoms with E-state index < -0.39 is 0 Å². The molecule has 5 rings (SSSR count). The van der Waals surface area contributed by atoms with Gasteiger partial charge in [0.2, 0.25) is 0 Å². The van der Waals surface area contributed by atoms with Crippen LogP contribution in [0.2, 0.25) is 0 Å². The van der Waals surface area contributed by atoms with Gasteiger partial charge >= 0.3 is 0 Å². The molecule has 1 aliphatic heterocycles. The number of nitriles is 1. The van der Waals surface area contributed by atoms with Crippen LogP contribution in [0.25, 0.3) is 22.0 Å². The van der Waals surface area contributed by atoms with E-state index in [2.05, 4.69) is 45.1 Å². The molecule has 2 aromatic heterocycles. The topological polar surface area (TPSA) is 81.0 Å². The third-order valence-corrected chi connectivity index (χ3v) is 6.17. The minimum Gasteiger partial charge on any atom is -0.373 e. The first-order chi connectivity index (χ1) is 15.5. The standard InChI is InChI=1S/C25H24N6O/c1-16-10-20-21(28-25(16)32)6-4-7-22(20)31-9-5-8-29(2)23-12-19(17(13-26)11-24(23)31)18-14-27-30(3)15-18/h4,6-7,10-12,14-15H,5,8-9H2,1-3H3,(H,28,32). The van der Waals surface area contributed by atoms with Crippen LogP contribution in [-0.2, 0) is 7.05 Å². The van der Waals surface area contributed by atoms with Crippen molar-refractivity contribution in [2.24, 2.45) is 7.05 Å². The average molecular weight is 425 g/mol. The molecule has 3 heterocycles. The highest BCUT2D eigenvalue weighted by molar-refractivity contribution is 5.97. The van der Waals surface area contributed by atoms with Crippen LogP contribution in [0.5, 0.6) is 0 Å². The zero-order valence-electron chi connectivity index (χ0n) is 18.4. The largest absolute Gasteiger partial charge is 0.373 e. The molecule has 0 aliphatic carbocycles. The summed E-state index contributed by atoms with van der Waals surface area (Å²) in [6.45, 7) is 3.54. The molecule has 0 saturated heterocycles. The van der Waals surface area contributed by atoms with Gasteiger partial charge in [0.05, 0.1) is 40.4 Å². The predicted octanol–water partition coefficient (Wildman–Crippen LogP) is 4.09. The second-order valence-corrected chi connectivity index (χ2v) is 8.35. The van der Waals surface area contributed by atoms with Crippen molar-refractivity contribution in [3.8, 4) is 17.2 Å². The molecule has 32 heavy (non-hydrogen) atoms. The van der Waals surface area contributed by atoms with E-state index >= 15 is 0 Å². The van der Waals surface area contributed by atoms with Gasteiger partial charge in [-0.1, -0.05) is 6.07 Å². The number of fused-ring (bicyclic) bond motifs is 2. The average Bonchev–Trinajstić information content (AvgIpc) is 3.15. The molecular weight excluding hydrogens is 400 g/mol. The Morgan fingerprint density at radius 3 is 2.69 bits per heavy atom. The van der Waals surface area contributed by atoms with Crippen molar-refractivity contribution in [2.75, 3.05) is 29.9 Å². The number of anilines is 3. The Morgan fingerprint density at radius 1 is 1.09 bits per heavy atom. The van der Waals surface area contributed by atoms with E-state index in [1.54, 1.807) is 10.9 Å².